The molecule has 0 amide bonds. The Labute approximate surface area is 283 Å². The van der Waals surface area contributed by atoms with Gasteiger partial charge in [-0.3, -0.25) is 0 Å². The average molecular weight is 628 g/mol. The molecule has 0 spiro atoms. The highest BCUT2D eigenvalue weighted by atomic mass is 32.1. The number of thiophene rings is 1. The van der Waals surface area contributed by atoms with E-state index < -0.39 is 5.41 Å². The Hall–Kier alpha value is -5.83. The van der Waals surface area contributed by atoms with Crippen molar-refractivity contribution in [2.45, 2.75) is 5.41 Å². The van der Waals surface area contributed by atoms with Crippen molar-refractivity contribution in [3.05, 3.63) is 198 Å². The molecule has 0 fully saturated rings. The van der Waals surface area contributed by atoms with Crippen molar-refractivity contribution in [1.82, 2.24) is 4.98 Å². The van der Waals surface area contributed by atoms with E-state index in [1.54, 1.807) is 0 Å². The van der Waals surface area contributed by atoms with Gasteiger partial charge in [0.15, 0.2) is 0 Å². The van der Waals surface area contributed by atoms with Crippen LogP contribution in [0.3, 0.4) is 0 Å². The molecule has 1 nitrogen and oxygen atoms in total. The molecule has 10 rings (SSSR count). The number of hydrogen-bond acceptors (Lipinski definition) is 2. The molecule has 0 saturated heterocycles. The van der Waals surface area contributed by atoms with Crippen LogP contribution in [0.25, 0.3) is 64.6 Å². The van der Waals surface area contributed by atoms with Crippen molar-refractivity contribution in [2.24, 2.45) is 0 Å². The molecule has 7 aromatic carbocycles. The van der Waals surface area contributed by atoms with Gasteiger partial charge in [-0.05, 0) is 68.8 Å². The first-order chi connectivity index (χ1) is 23.8. The van der Waals surface area contributed by atoms with Crippen molar-refractivity contribution >= 4 is 42.4 Å². The molecule has 0 aliphatic heterocycles. The molecule has 2 aromatic heterocycles. The summed E-state index contributed by atoms with van der Waals surface area (Å²) < 4.78 is 2.53. The third-order valence-corrected chi connectivity index (χ3v) is 11.3. The van der Waals surface area contributed by atoms with Crippen LogP contribution in [0.2, 0.25) is 0 Å². The minimum Gasteiger partial charge on any atom is -0.246 e. The molecule has 0 saturated carbocycles. The number of aromatic nitrogens is 1. The molecule has 48 heavy (non-hydrogen) atoms. The highest BCUT2D eigenvalue weighted by molar-refractivity contribution is 7.26. The van der Waals surface area contributed by atoms with E-state index in [0.29, 0.717) is 0 Å². The molecule has 224 valence electrons. The molecular weight excluding hydrogens is 599 g/mol. The summed E-state index contributed by atoms with van der Waals surface area (Å²) in [5, 5.41) is 3.80. The van der Waals surface area contributed by atoms with Gasteiger partial charge in [-0.25, -0.2) is 4.98 Å². The highest BCUT2D eigenvalue weighted by Gasteiger charge is 2.46. The van der Waals surface area contributed by atoms with E-state index in [9.17, 15) is 0 Å². The first-order valence-electron chi connectivity index (χ1n) is 16.5. The number of benzene rings is 7. The number of para-hydroxylation sites is 1. The minimum atomic E-state index is -0.425. The van der Waals surface area contributed by atoms with E-state index >= 15 is 0 Å². The largest absolute Gasteiger partial charge is 0.246 e. The van der Waals surface area contributed by atoms with Crippen LogP contribution in [0.15, 0.2) is 176 Å². The minimum absolute atomic E-state index is 0.425. The molecule has 2 heterocycles. The molecule has 1 aliphatic carbocycles. The van der Waals surface area contributed by atoms with Gasteiger partial charge in [0.25, 0.3) is 0 Å². The summed E-state index contributed by atoms with van der Waals surface area (Å²) in [6.07, 6.45) is 0. The fraction of sp³-hybridized carbons (Fsp3) is 0.0217. The number of nitrogens with zero attached hydrogens (tertiary/aromatic N) is 1. The van der Waals surface area contributed by atoms with Crippen molar-refractivity contribution in [1.29, 1.82) is 0 Å². The third kappa shape index (κ3) is 3.87. The number of rotatable bonds is 4. The van der Waals surface area contributed by atoms with Gasteiger partial charge >= 0.3 is 0 Å². The first-order valence-corrected chi connectivity index (χ1v) is 17.3. The average Bonchev–Trinajstić information content (AvgIpc) is 3.70. The maximum atomic E-state index is 5.30. The lowest BCUT2D eigenvalue weighted by Crippen LogP contribution is -2.28. The van der Waals surface area contributed by atoms with E-state index in [1.165, 1.54) is 70.1 Å². The second-order valence-corrected chi connectivity index (χ2v) is 13.7. The standard InChI is InChI=1S/C46H29NS/c1-3-16-33(17-4-1)46(34-18-5-2-6-19-34)39-23-10-7-20-35(39)36-27-26-31(29-40(36)46)30-14-13-15-32(28-30)44-45-43(37-21-8-11-24-41(37)47-44)38-22-9-12-25-42(38)48-45/h1-29H. The van der Waals surface area contributed by atoms with Gasteiger partial charge in [-0.15, -0.1) is 11.3 Å². The Balaban J connectivity index is 1.20. The monoisotopic (exact) mass is 627 g/mol. The topological polar surface area (TPSA) is 12.9 Å². The van der Waals surface area contributed by atoms with Crippen molar-refractivity contribution < 1.29 is 0 Å². The zero-order valence-corrected chi connectivity index (χ0v) is 26.9. The Bertz CT molecular complexity index is 2630. The van der Waals surface area contributed by atoms with Crippen LogP contribution in [-0.2, 0) is 5.41 Å². The van der Waals surface area contributed by atoms with Crippen molar-refractivity contribution in [2.75, 3.05) is 0 Å². The van der Waals surface area contributed by atoms with Crippen LogP contribution in [0.1, 0.15) is 22.3 Å². The van der Waals surface area contributed by atoms with Crippen LogP contribution in [0, 0.1) is 0 Å². The molecule has 9 aromatic rings. The first kappa shape index (κ1) is 27.3. The molecular formula is C46H29NS. The molecule has 0 radical (unpaired) electrons. The van der Waals surface area contributed by atoms with E-state index in [-0.39, 0.29) is 0 Å². The van der Waals surface area contributed by atoms with Crippen LogP contribution < -0.4 is 0 Å². The lowest BCUT2D eigenvalue weighted by Gasteiger charge is -2.34. The van der Waals surface area contributed by atoms with Crippen molar-refractivity contribution in [3.8, 4) is 33.5 Å². The van der Waals surface area contributed by atoms with Gasteiger partial charge in [0.1, 0.15) is 0 Å². The molecule has 2 heteroatoms. The highest BCUT2D eigenvalue weighted by Crippen LogP contribution is 2.56. The predicted molar refractivity (Wildman–Crippen MR) is 203 cm³/mol. The molecule has 0 N–H and O–H groups in total. The second-order valence-electron chi connectivity index (χ2n) is 12.6. The molecule has 0 bridgehead atoms. The fourth-order valence-electron chi connectivity index (χ4n) is 8.10. The Morgan fingerprint density at radius 2 is 1.06 bits per heavy atom. The smallest absolute Gasteiger partial charge is 0.0888 e. The third-order valence-electron chi connectivity index (χ3n) is 10.1. The zero-order valence-electron chi connectivity index (χ0n) is 26.1. The Morgan fingerprint density at radius 3 is 1.88 bits per heavy atom. The number of pyridine rings is 1. The summed E-state index contributed by atoms with van der Waals surface area (Å²) in [6.45, 7) is 0. The van der Waals surface area contributed by atoms with Gasteiger partial charge in [-0.2, -0.15) is 0 Å². The quantitative estimate of drug-likeness (QED) is 0.189. The van der Waals surface area contributed by atoms with E-state index in [4.69, 9.17) is 4.98 Å². The van der Waals surface area contributed by atoms with Crippen molar-refractivity contribution in [3.63, 3.8) is 0 Å². The van der Waals surface area contributed by atoms with Crippen LogP contribution in [0.5, 0.6) is 0 Å². The normalized spacial score (nSPS) is 13.2. The van der Waals surface area contributed by atoms with Gasteiger partial charge in [0, 0.05) is 26.4 Å². The second kappa shape index (κ2) is 10.6. The van der Waals surface area contributed by atoms with Gasteiger partial charge < -0.3 is 0 Å². The van der Waals surface area contributed by atoms with E-state index in [0.717, 1.165) is 16.8 Å². The summed E-state index contributed by atoms with van der Waals surface area (Å²) in [6, 6.07) is 64.3. The lowest BCUT2D eigenvalue weighted by molar-refractivity contribution is 0.769. The lowest BCUT2D eigenvalue weighted by atomic mass is 9.67. The fourth-order valence-corrected chi connectivity index (χ4v) is 9.33. The number of hydrogen-bond donors (Lipinski definition) is 0. The molecule has 0 unspecified atom stereocenters. The SMILES string of the molecule is c1ccc(C2(c3ccccc3)c3ccccc3-c3ccc(-c4cccc(-c5nc6ccccc6c6c5sc5ccccc56)c4)cc32)cc1. The zero-order chi connectivity index (χ0) is 31.7. The van der Waals surface area contributed by atoms with Crippen LogP contribution in [-0.4, -0.2) is 4.98 Å². The summed E-state index contributed by atoms with van der Waals surface area (Å²) in [4.78, 5) is 5.30. The van der Waals surface area contributed by atoms with Gasteiger partial charge in [-0.1, -0.05) is 152 Å². The summed E-state index contributed by atoms with van der Waals surface area (Å²) >= 11 is 1.84. The summed E-state index contributed by atoms with van der Waals surface area (Å²) in [5.74, 6) is 0. The molecule has 0 atom stereocenters. The maximum Gasteiger partial charge on any atom is 0.0888 e. The van der Waals surface area contributed by atoms with E-state index in [1.807, 2.05) is 11.3 Å². The summed E-state index contributed by atoms with van der Waals surface area (Å²) in [7, 11) is 0. The molecule has 1 aliphatic rings. The van der Waals surface area contributed by atoms with Crippen LogP contribution in [0.4, 0.5) is 0 Å². The summed E-state index contributed by atoms with van der Waals surface area (Å²) in [5.41, 5.74) is 13.0. The van der Waals surface area contributed by atoms with Gasteiger partial charge in [0.05, 0.1) is 21.3 Å². The Kier molecular flexibility index (Phi) is 6.03. The number of fused-ring (bicyclic) bond motifs is 8. The van der Waals surface area contributed by atoms with E-state index in [2.05, 4.69) is 176 Å². The van der Waals surface area contributed by atoms with Gasteiger partial charge in [0.2, 0.25) is 0 Å². The maximum absolute atomic E-state index is 5.30. The Morgan fingerprint density at radius 1 is 0.438 bits per heavy atom. The van der Waals surface area contributed by atoms with Crippen LogP contribution >= 0.6 is 11.3 Å². The predicted octanol–water partition coefficient (Wildman–Crippen LogP) is 12.3.